The van der Waals surface area contributed by atoms with E-state index in [1.54, 1.807) is 12.3 Å². The standard InChI is InChI=1S/C22H25Cl2N3O2S/c1-14(27-30(28)22(2,3)4)17-11-15-12-18(23)20(13-19(15)26-21(17)24)29-10-8-16-7-5-6-9-25-16/h5-7,9,11-14,27H,8,10H2,1-4H3/t14-,30+/m0/s1. The van der Waals surface area contributed by atoms with Crippen LogP contribution in [0.1, 0.15) is 45.0 Å². The molecule has 1 aromatic carbocycles. The van der Waals surface area contributed by atoms with E-state index in [1.165, 1.54) is 0 Å². The van der Waals surface area contributed by atoms with Crippen LogP contribution >= 0.6 is 23.2 Å². The zero-order chi connectivity index (χ0) is 21.9. The van der Waals surface area contributed by atoms with Gasteiger partial charge in [0.25, 0.3) is 0 Å². The first-order valence-electron chi connectivity index (χ1n) is 9.65. The van der Waals surface area contributed by atoms with Crippen molar-refractivity contribution >= 4 is 45.5 Å². The number of rotatable bonds is 7. The second-order valence-electron chi connectivity index (χ2n) is 7.98. The summed E-state index contributed by atoms with van der Waals surface area (Å²) < 4.78 is 21.0. The van der Waals surface area contributed by atoms with Crippen LogP contribution in [0.2, 0.25) is 10.2 Å². The van der Waals surface area contributed by atoms with Crippen LogP contribution in [0, 0.1) is 0 Å². The summed E-state index contributed by atoms with van der Waals surface area (Å²) in [6.07, 6.45) is 2.44. The Labute approximate surface area is 190 Å². The molecule has 0 unspecified atom stereocenters. The zero-order valence-corrected chi connectivity index (χ0v) is 19.7. The molecule has 3 aromatic rings. The molecule has 0 amide bonds. The number of pyridine rings is 2. The summed E-state index contributed by atoms with van der Waals surface area (Å²) in [7, 11) is 0. The largest absolute Gasteiger partial charge is 0.598 e. The Morgan fingerprint density at radius 2 is 1.97 bits per heavy atom. The van der Waals surface area contributed by atoms with Gasteiger partial charge in [-0.05, 0) is 52.0 Å². The topological polar surface area (TPSA) is 70.1 Å². The molecular weight excluding hydrogens is 441 g/mol. The molecule has 30 heavy (non-hydrogen) atoms. The number of fused-ring (bicyclic) bond motifs is 1. The Morgan fingerprint density at radius 3 is 2.63 bits per heavy atom. The second kappa shape index (κ2) is 9.71. The smallest absolute Gasteiger partial charge is 0.140 e. The zero-order valence-electron chi connectivity index (χ0n) is 17.4. The van der Waals surface area contributed by atoms with Crippen LogP contribution in [0.3, 0.4) is 0 Å². The van der Waals surface area contributed by atoms with Gasteiger partial charge in [-0.1, -0.05) is 29.3 Å². The van der Waals surface area contributed by atoms with Crippen molar-refractivity contribution in [2.24, 2.45) is 0 Å². The summed E-state index contributed by atoms with van der Waals surface area (Å²) in [4.78, 5) is 8.79. The van der Waals surface area contributed by atoms with Gasteiger partial charge in [-0.15, -0.1) is 4.72 Å². The summed E-state index contributed by atoms with van der Waals surface area (Å²) in [5.41, 5.74) is 2.40. The molecule has 2 aromatic heterocycles. The van der Waals surface area contributed by atoms with E-state index in [4.69, 9.17) is 27.9 Å². The van der Waals surface area contributed by atoms with Gasteiger partial charge >= 0.3 is 0 Å². The summed E-state index contributed by atoms with van der Waals surface area (Å²) >= 11 is 11.7. The number of hydrogen-bond acceptors (Lipinski definition) is 5. The molecule has 5 nitrogen and oxygen atoms in total. The van der Waals surface area contributed by atoms with Crippen LogP contribution in [-0.2, 0) is 17.8 Å². The van der Waals surface area contributed by atoms with Crippen LogP contribution < -0.4 is 9.46 Å². The number of benzene rings is 1. The van der Waals surface area contributed by atoms with Gasteiger partial charge in [0, 0.05) is 46.7 Å². The molecule has 0 spiro atoms. The number of nitrogens with zero attached hydrogens (tertiary/aromatic N) is 2. The Balaban J connectivity index is 1.77. The molecule has 0 fully saturated rings. The maximum absolute atomic E-state index is 12.4. The molecule has 1 N–H and O–H groups in total. The third kappa shape index (κ3) is 5.77. The lowest BCUT2D eigenvalue weighted by molar-refractivity contribution is 0.321. The number of hydrogen-bond donors (Lipinski definition) is 1. The Hall–Kier alpha value is -1.57. The summed E-state index contributed by atoms with van der Waals surface area (Å²) in [5.74, 6) is 0.552. The molecule has 8 heteroatoms. The highest BCUT2D eigenvalue weighted by atomic mass is 35.5. The quantitative estimate of drug-likeness (QED) is 0.359. The van der Waals surface area contributed by atoms with Gasteiger partial charge in [-0.3, -0.25) is 4.98 Å². The van der Waals surface area contributed by atoms with Crippen molar-refractivity contribution in [2.45, 2.75) is 44.9 Å². The molecule has 0 saturated heterocycles. The van der Waals surface area contributed by atoms with Crippen LogP contribution in [0.4, 0.5) is 0 Å². The van der Waals surface area contributed by atoms with Crippen molar-refractivity contribution < 1.29 is 9.29 Å². The van der Waals surface area contributed by atoms with Gasteiger partial charge in [0.2, 0.25) is 0 Å². The van der Waals surface area contributed by atoms with E-state index in [1.807, 2.05) is 58.0 Å². The normalized spacial score (nSPS) is 14.0. The highest BCUT2D eigenvalue weighted by Crippen LogP contribution is 2.33. The Bertz CT molecular complexity index is 1010. The van der Waals surface area contributed by atoms with Crippen molar-refractivity contribution in [3.05, 3.63) is 64.0 Å². The number of nitrogens with one attached hydrogen (secondary N) is 1. The van der Waals surface area contributed by atoms with Crippen LogP contribution in [0.15, 0.2) is 42.6 Å². The molecule has 2 heterocycles. The molecule has 0 aliphatic heterocycles. The Kier molecular flexibility index (Phi) is 7.47. The molecule has 160 valence electrons. The van der Waals surface area contributed by atoms with Gasteiger partial charge in [0.15, 0.2) is 0 Å². The molecule has 0 radical (unpaired) electrons. The summed E-state index contributed by atoms with van der Waals surface area (Å²) in [5, 5.41) is 1.69. The molecule has 2 atom stereocenters. The first-order chi connectivity index (χ1) is 14.1. The lowest BCUT2D eigenvalue weighted by Gasteiger charge is -2.26. The first-order valence-corrected chi connectivity index (χ1v) is 11.6. The maximum Gasteiger partial charge on any atom is 0.140 e. The average Bonchev–Trinajstić information content (AvgIpc) is 2.68. The number of halogens is 2. The van der Waals surface area contributed by atoms with E-state index in [0.717, 1.165) is 16.6 Å². The van der Waals surface area contributed by atoms with Crippen LogP contribution in [-0.4, -0.2) is 25.9 Å². The third-order valence-electron chi connectivity index (χ3n) is 4.50. The first kappa shape index (κ1) is 23.1. The lowest BCUT2D eigenvalue weighted by atomic mass is 10.1. The van der Waals surface area contributed by atoms with Crippen molar-refractivity contribution in [1.29, 1.82) is 0 Å². The Morgan fingerprint density at radius 1 is 1.20 bits per heavy atom. The van der Waals surface area contributed by atoms with Gasteiger partial charge in [-0.2, -0.15) is 0 Å². The molecule has 0 aliphatic rings. The number of ether oxygens (including phenoxy) is 1. The molecule has 0 saturated carbocycles. The van der Waals surface area contributed by atoms with E-state index in [9.17, 15) is 4.55 Å². The monoisotopic (exact) mass is 465 g/mol. The molecule has 0 aliphatic carbocycles. The van der Waals surface area contributed by atoms with E-state index in [-0.39, 0.29) is 10.8 Å². The molecular formula is C22H25Cl2N3O2S. The van der Waals surface area contributed by atoms with Gasteiger partial charge in [0.1, 0.15) is 15.6 Å². The van der Waals surface area contributed by atoms with E-state index in [2.05, 4.69) is 14.7 Å². The third-order valence-corrected chi connectivity index (χ3v) is 6.78. The van der Waals surface area contributed by atoms with Crippen molar-refractivity contribution in [3.8, 4) is 5.75 Å². The van der Waals surface area contributed by atoms with Crippen molar-refractivity contribution in [2.75, 3.05) is 6.61 Å². The number of aromatic nitrogens is 2. The predicted octanol–water partition coefficient (Wildman–Crippen LogP) is 5.67. The minimum Gasteiger partial charge on any atom is -0.598 e. The highest BCUT2D eigenvalue weighted by molar-refractivity contribution is 7.90. The molecule has 3 rings (SSSR count). The van der Waals surface area contributed by atoms with Gasteiger partial charge in [-0.25, -0.2) is 4.98 Å². The molecule has 0 bridgehead atoms. The van der Waals surface area contributed by atoms with Gasteiger partial charge in [0.05, 0.1) is 23.2 Å². The van der Waals surface area contributed by atoms with Gasteiger partial charge < -0.3 is 9.29 Å². The second-order valence-corrected chi connectivity index (χ2v) is 10.7. The summed E-state index contributed by atoms with van der Waals surface area (Å²) in [6, 6.07) is 11.1. The fourth-order valence-electron chi connectivity index (χ4n) is 2.79. The van der Waals surface area contributed by atoms with Crippen LogP contribution in [0.5, 0.6) is 5.75 Å². The predicted molar refractivity (Wildman–Crippen MR) is 125 cm³/mol. The summed E-state index contributed by atoms with van der Waals surface area (Å²) in [6.45, 7) is 8.11. The minimum atomic E-state index is -1.23. The van der Waals surface area contributed by atoms with E-state index < -0.39 is 11.4 Å². The maximum atomic E-state index is 12.4. The van der Waals surface area contributed by atoms with Crippen molar-refractivity contribution in [1.82, 2.24) is 14.7 Å². The van der Waals surface area contributed by atoms with Crippen molar-refractivity contribution in [3.63, 3.8) is 0 Å². The van der Waals surface area contributed by atoms with E-state index in [0.29, 0.717) is 34.5 Å². The fourth-order valence-corrected chi connectivity index (χ4v) is 4.13. The van der Waals surface area contributed by atoms with Crippen LogP contribution in [0.25, 0.3) is 10.9 Å². The minimum absolute atomic E-state index is 0.234. The SMILES string of the molecule is C[C@H](N[S@+]([O-])C(C)(C)C)c1cc2cc(Cl)c(OCCc3ccccn3)cc2nc1Cl. The fraction of sp³-hybridized carbons (Fsp3) is 0.364. The lowest BCUT2D eigenvalue weighted by Crippen LogP contribution is -2.40. The average molecular weight is 466 g/mol. The highest BCUT2D eigenvalue weighted by Gasteiger charge is 2.29. The van der Waals surface area contributed by atoms with E-state index >= 15 is 0 Å².